The van der Waals surface area contributed by atoms with Crippen molar-refractivity contribution < 1.29 is 14.3 Å². The van der Waals surface area contributed by atoms with Crippen LogP contribution >= 0.6 is 0 Å². The van der Waals surface area contributed by atoms with Crippen LogP contribution in [0.2, 0.25) is 0 Å². The minimum atomic E-state index is -0.217. The van der Waals surface area contributed by atoms with Crippen LogP contribution in [0.15, 0.2) is 18.3 Å². The van der Waals surface area contributed by atoms with Gasteiger partial charge in [0.25, 0.3) is 0 Å². The van der Waals surface area contributed by atoms with Crippen molar-refractivity contribution in [3.05, 3.63) is 18.3 Å². The number of methoxy groups -OCH3 is 2. The van der Waals surface area contributed by atoms with Gasteiger partial charge in [-0.1, -0.05) is 6.92 Å². The highest BCUT2D eigenvalue weighted by molar-refractivity contribution is 5.72. The van der Waals surface area contributed by atoms with E-state index in [2.05, 4.69) is 9.72 Å². The maximum absolute atomic E-state index is 11.3. The number of pyridine rings is 1. The Bertz CT molecular complexity index is 365. The molecule has 1 aromatic heterocycles. The average molecular weight is 238 g/mol. The Balaban J connectivity index is 2.62. The van der Waals surface area contributed by atoms with Gasteiger partial charge in [-0.15, -0.1) is 0 Å². The fraction of sp³-hybridized carbons (Fsp3) is 0.500. The number of hydrogen-bond donors (Lipinski definition) is 0. The average Bonchev–Trinajstić information content (AvgIpc) is 2.37. The van der Waals surface area contributed by atoms with E-state index in [1.807, 2.05) is 31.0 Å². The third-order valence-corrected chi connectivity index (χ3v) is 2.50. The molecule has 0 aliphatic rings. The minimum absolute atomic E-state index is 0.186. The van der Waals surface area contributed by atoms with Gasteiger partial charge in [0.2, 0.25) is 0 Å². The molecular formula is C12H18N2O3. The van der Waals surface area contributed by atoms with Crippen LogP contribution in [0.4, 0.5) is 5.82 Å². The molecule has 0 amide bonds. The van der Waals surface area contributed by atoms with E-state index in [4.69, 9.17) is 4.74 Å². The molecule has 1 aromatic rings. The van der Waals surface area contributed by atoms with Crippen molar-refractivity contribution in [1.82, 2.24) is 4.98 Å². The lowest BCUT2D eigenvalue weighted by Crippen LogP contribution is -2.29. The van der Waals surface area contributed by atoms with E-state index in [1.165, 1.54) is 7.11 Å². The van der Waals surface area contributed by atoms with E-state index in [-0.39, 0.29) is 11.9 Å². The lowest BCUT2D eigenvalue weighted by Gasteiger charge is -2.21. The molecule has 17 heavy (non-hydrogen) atoms. The van der Waals surface area contributed by atoms with Gasteiger partial charge < -0.3 is 14.4 Å². The van der Waals surface area contributed by atoms with E-state index >= 15 is 0 Å². The molecule has 0 aliphatic heterocycles. The Kier molecular flexibility index (Phi) is 4.75. The second-order valence-electron chi connectivity index (χ2n) is 3.86. The van der Waals surface area contributed by atoms with Crippen molar-refractivity contribution in [1.29, 1.82) is 0 Å². The van der Waals surface area contributed by atoms with Crippen molar-refractivity contribution in [3.8, 4) is 5.75 Å². The van der Waals surface area contributed by atoms with Gasteiger partial charge in [0.05, 0.1) is 26.3 Å². The van der Waals surface area contributed by atoms with Crippen LogP contribution in [0.25, 0.3) is 0 Å². The molecule has 0 bridgehead atoms. The topological polar surface area (TPSA) is 51.7 Å². The van der Waals surface area contributed by atoms with E-state index in [0.29, 0.717) is 12.3 Å². The second kappa shape index (κ2) is 6.08. The number of carbonyl (C=O) groups is 1. The first-order chi connectivity index (χ1) is 8.08. The molecule has 1 rings (SSSR count). The molecule has 0 spiro atoms. The largest absolute Gasteiger partial charge is 0.495 e. The first kappa shape index (κ1) is 13.3. The van der Waals surface area contributed by atoms with Crippen molar-refractivity contribution in [2.75, 3.05) is 32.7 Å². The van der Waals surface area contributed by atoms with Gasteiger partial charge in [-0.3, -0.25) is 4.79 Å². The number of aromatic nitrogens is 1. The van der Waals surface area contributed by atoms with Gasteiger partial charge in [-0.05, 0) is 12.1 Å². The van der Waals surface area contributed by atoms with E-state index < -0.39 is 0 Å². The lowest BCUT2D eigenvalue weighted by atomic mass is 10.2. The molecule has 1 unspecified atom stereocenters. The molecule has 5 nitrogen and oxygen atoms in total. The molecule has 1 heterocycles. The Morgan fingerprint density at radius 1 is 1.47 bits per heavy atom. The maximum atomic E-state index is 11.3. The molecule has 5 heteroatoms. The monoisotopic (exact) mass is 238 g/mol. The molecule has 1 atom stereocenters. The summed E-state index contributed by atoms with van der Waals surface area (Å²) in [5, 5.41) is 0. The predicted molar refractivity (Wildman–Crippen MR) is 65.2 cm³/mol. The molecule has 0 saturated carbocycles. The molecule has 0 radical (unpaired) electrons. The summed E-state index contributed by atoms with van der Waals surface area (Å²) < 4.78 is 9.71. The van der Waals surface area contributed by atoms with Crippen molar-refractivity contribution in [3.63, 3.8) is 0 Å². The van der Waals surface area contributed by atoms with Crippen LogP contribution in [0.5, 0.6) is 5.75 Å². The van der Waals surface area contributed by atoms with Gasteiger partial charge in [-0.25, -0.2) is 4.98 Å². The summed E-state index contributed by atoms with van der Waals surface area (Å²) >= 11 is 0. The van der Waals surface area contributed by atoms with Crippen LogP contribution in [0.3, 0.4) is 0 Å². The van der Waals surface area contributed by atoms with Crippen LogP contribution in [0, 0.1) is 5.92 Å². The highest BCUT2D eigenvalue weighted by Crippen LogP contribution is 2.15. The summed E-state index contributed by atoms with van der Waals surface area (Å²) in [4.78, 5) is 17.4. The Morgan fingerprint density at radius 3 is 2.65 bits per heavy atom. The smallest absolute Gasteiger partial charge is 0.310 e. The van der Waals surface area contributed by atoms with Gasteiger partial charge in [0, 0.05) is 13.6 Å². The zero-order valence-electron chi connectivity index (χ0n) is 10.6. The van der Waals surface area contributed by atoms with Gasteiger partial charge in [0.1, 0.15) is 11.6 Å². The number of ether oxygens (including phenoxy) is 2. The number of esters is 1. The van der Waals surface area contributed by atoms with E-state index in [0.717, 1.165) is 5.82 Å². The van der Waals surface area contributed by atoms with Crippen LogP contribution < -0.4 is 9.64 Å². The second-order valence-corrected chi connectivity index (χ2v) is 3.86. The third-order valence-electron chi connectivity index (χ3n) is 2.50. The number of carbonyl (C=O) groups excluding carboxylic acids is 1. The highest BCUT2D eigenvalue weighted by Gasteiger charge is 2.16. The predicted octanol–water partition coefficient (Wildman–Crippen LogP) is 1.34. The molecule has 94 valence electrons. The SMILES string of the molecule is COC(=O)C(C)CN(C)c1ccc(OC)cn1. The Hall–Kier alpha value is -1.78. The number of rotatable bonds is 5. The maximum Gasteiger partial charge on any atom is 0.310 e. The number of nitrogens with zero attached hydrogens (tertiary/aromatic N) is 2. The quantitative estimate of drug-likeness (QED) is 0.724. The fourth-order valence-corrected chi connectivity index (χ4v) is 1.50. The van der Waals surface area contributed by atoms with Crippen LogP contribution in [0.1, 0.15) is 6.92 Å². The van der Waals surface area contributed by atoms with E-state index in [1.54, 1.807) is 13.3 Å². The number of anilines is 1. The highest BCUT2D eigenvalue weighted by atomic mass is 16.5. The summed E-state index contributed by atoms with van der Waals surface area (Å²) in [6.07, 6.45) is 1.65. The van der Waals surface area contributed by atoms with Crippen LogP contribution in [-0.4, -0.2) is 38.8 Å². The van der Waals surface area contributed by atoms with Gasteiger partial charge in [0.15, 0.2) is 0 Å². The summed E-state index contributed by atoms with van der Waals surface area (Å²) in [6.45, 7) is 2.39. The van der Waals surface area contributed by atoms with Crippen molar-refractivity contribution >= 4 is 11.8 Å². The zero-order chi connectivity index (χ0) is 12.8. The summed E-state index contributed by atoms with van der Waals surface area (Å²) in [7, 11) is 4.87. The van der Waals surface area contributed by atoms with E-state index in [9.17, 15) is 4.79 Å². The standard InChI is InChI=1S/C12H18N2O3/c1-9(12(15)17-4)8-14(2)11-6-5-10(16-3)7-13-11/h5-7,9H,8H2,1-4H3. The third kappa shape index (κ3) is 3.62. The number of hydrogen-bond acceptors (Lipinski definition) is 5. The van der Waals surface area contributed by atoms with Crippen molar-refractivity contribution in [2.45, 2.75) is 6.92 Å². The Labute approximate surface area is 101 Å². The molecule has 0 aliphatic carbocycles. The Morgan fingerprint density at radius 2 is 2.18 bits per heavy atom. The first-order valence-electron chi connectivity index (χ1n) is 5.37. The summed E-state index contributed by atoms with van der Waals surface area (Å²) in [5.41, 5.74) is 0. The summed E-state index contributed by atoms with van der Waals surface area (Å²) in [6, 6.07) is 3.68. The van der Waals surface area contributed by atoms with Crippen LogP contribution in [-0.2, 0) is 9.53 Å². The van der Waals surface area contributed by atoms with Crippen molar-refractivity contribution in [2.24, 2.45) is 5.92 Å². The van der Waals surface area contributed by atoms with Gasteiger partial charge >= 0.3 is 5.97 Å². The first-order valence-corrected chi connectivity index (χ1v) is 5.37. The fourth-order valence-electron chi connectivity index (χ4n) is 1.50. The lowest BCUT2D eigenvalue weighted by molar-refractivity contribution is -0.144. The van der Waals surface area contributed by atoms with Gasteiger partial charge in [-0.2, -0.15) is 0 Å². The molecular weight excluding hydrogens is 220 g/mol. The minimum Gasteiger partial charge on any atom is -0.495 e. The zero-order valence-corrected chi connectivity index (χ0v) is 10.6. The molecule has 0 saturated heterocycles. The molecule has 0 fully saturated rings. The normalized spacial score (nSPS) is 11.8. The molecule has 0 aromatic carbocycles. The molecule has 0 N–H and O–H groups in total. The summed E-state index contributed by atoms with van der Waals surface area (Å²) in [5.74, 6) is 1.10.